The first-order chi connectivity index (χ1) is 9.49. The van der Waals surface area contributed by atoms with Gasteiger partial charge in [-0.25, -0.2) is 0 Å². The lowest BCUT2D eigenvalue weighted by atomic mass is 9.99. The van der Waals surface area contributed by atoms with Crippen LogP contribution in [0.25, 0.3) is 0 Å². The topological polar surface area (TPSA) is 12.5 Å². The summed E-state index contributed by atoms with van der Waals surface area (Å²) in [5, 5.41) is 0.892. The first-order valence-corrected chi connectivity index (χ1v) is 7.93. The Morgan fingerprint density at radius 2 is 2.00 bits per heavy atom. The molecule has 0 heterocycles. The van der Waals surface area contributed by atoms with Crippen molar-refractivity contribution in [3.8, 4) is 5.75 Å². The van der Waals surface area contributed by atoms with E-state index in [1.807, 2.05) is 0 Å². The van der Waals surface area contributed by atoms with E-state index in [9.17, 15) is 0 Å². The van der Waals surface area contributed by atoms with Crippen LogP contribution in [-0.2, 0) is 6.42 Å². The quantitative estimate of drug-likeness (QED) is 0.746. The Labute approximate surface area is 128 Å². The predicted octanol–water partition coefficient (Wildman–Crippen LogP) is 4.24. The lowest BCUT2D eigenvalue weighted by Gasteiger charge is -2.18. The SMILES string of the molecule is Cc1cc(OCC2CC2)c(CCCN(C)C)c(C)c1Cl. The van der Waals surface area contributed by atoms with E-state index < -0.39 is 0 Å². The highest BCUT2D eigenvalue weighted by Gasteiger charge is 2.23. The highest BCUT2D eigenvalue weighted by molar-refractivity contribution is 6.32. The second-order valence-electron chi connectivity index (χ2n) is 6.27. The van der Waals surface area contributed by atoms with Crippen molar-refractivity contribution in [2.45, 2.75) is 39.5 Å². The zero-order valence-corrected chi connectivity index (χ0v) is 13.9. The summed E-state index contributed by atoms with van der Waals surface area (Å²) in [7, 11) is 4.22. The number of rotatable bonds is 7. The molecule has 1 saturated carbocycles. The summed E-state index contributed by atoms with van der Waals surface area (Å²) < 4.78 is 6.06. The molecule has 1 aromatic carbocycles. The Balaban J connectivity index is 2.13. The fraction of sp³-hybridized carbons (Fsp3) is 0.647. The van der Waals surface area contributed by atoms with Crippen LogP contribution in [0.3, 0.4) is 0 Å². The van der Waals surface area contributed by atoms with E-state index >= 15 is 0 Å². The van der Waals surface area contributed by atoms with Crippen LogP contribution in [0.1, 0.15) is 36.0 Å². The Morgan fingerprint density at radius 3 is 2.60 bits per heavy atom. The monoisotopic (exact) mass is 295 g/mol. The normalized spacial score (nSPS) is 14.9. The van der Waals surface area contributed by atoms with Crippen LogP contribution < -0.4 is 4.74 Å². The largest absolute Gasteiger partial charge is 0.493 e. The zero-order valence-electron chi connectivity index (χ0n) is 13.1. The van der Waals surface area contributed by atoms with Gasteiger partial charge < -0.3 is 9.64 Å². The molecule has 0 aliphatic heterocycles. The molecule has 3 heteroatoms. The van der Waals surface area contributed by atoms with Crippen molar-refractivity contribution >= 4 is 11.6 Å². The molecule has 0 radical (unpaired) electrons. The zero-order chi connectivity index (χ0) is 14.7. The molecule has 0 N–H and O–H groups in total. The third-order valence-electron chi connectivity index (χ3n) is 3.98. The molecule has 0 saturated heterocycles. The van der Waals surface area contributed by atoms with E-state index in [4.69, 9.17) is 16.3 Å². The van der Waals surface area contributed by atoms with Gasteiger partial charge in [0.2, 0.25) is 0 Å². The number of hydrogen-bond acceptors (Lipinski definition) is 2. The summed E-state index contributed by atoms with van der Waals surface area (Å²) in [4.78, 5) is 2.22. The van der Waals surface area contributed by atoms with Crippen LogP contribution >= 0.6 is 11.6 Å². The molecule has 0 aromatic heterocycles. The van der Waals surface area contributed by atoms with Crippen LogP contribution in [0.2, 0.25) is 5.02 Å². The van der Waals surface area contributed by atoms with Crippen molar-refractivity contribution in [1.82, 2.24) is 4.90 Å². The molecular weight excluding hydrogens is 270 g/mol. The van der Waals surface area contributed by atoms with Gasteiger partial charge in [-0.1, -0.05) is 11.6 Å². The summed E-state index contributed by atoms with van der Waals surface area (Å²) in [6.07, 6.45) is 4.81. The summed E-state index contributed by atoms with van der Waals surface area (Å²) in [5.41, 5.74) is 3.60. The van der Waals surface area contributed by atoms with Crippen molar-refractivity contribution in [2.75, 3.05) is 27.2 Å². The van der Waals surface area contributed by atoms with Gasteiger partial charge in [-0.3, -0.25) is 0 Å². The van der Waals surface area contributed by atoms with Crippen molar-refractivity contribution in [2.24, 2.45) is 5.92 Å². The van der Waals surface area contributed by atoms with Gasteiger partial charge in [-0.05, 0) is 88.8 Å². The highest BCUT2D eigenvalue weighted by Crippen LogP contribution is 2.35. The minimum absolute atomic E-state index is 0.779. The van der Waals surface area contributed by atoms with E-state index in [0.717, 1.165) is 48.2 Å². The van der Waals surface area contributed by atoms with Gasteiger partial charge in [0, 0.05) is 5.02 Å². The summed E-state index contributed by atoms with van der Waals surface area (Å²) in [6.45, 7) is 6.13. The van der Waals surface area contributed by atoms with Crippen LogP contribution in [0, 0.1) is 19.8 Å². The van der Waals surface area contributed by atoms with E-state index in [-0.39, 0.29) is 0 Å². The molecule has 1 aliphatic rings. The van der Waals surface area contributed by atoms with E-state index in [1.54, 1.807) is 0 Å². The van der Waals surface area contributed by atoms with Crippen LogP contribution in [-0.4, -0.2) is 32.1 Å². The maximum atomic E-state index is 6.41. The maximum Gasteiger partial charge on any atom is 0.123 e. The summed E-state index contributed by atoms with van der Waals surface area (Å²) >= 11 is 6.41. The molecule has 0 atom stereocenters. The second kappa shape index (κ2) is 6.82. The van der Waals surface area contributed by atoms with E-state index in [0.29, 0.717) is 0 Å². The Hall–Kier alpha value is -0.730. The fourth-order valence-corrected chi connectivity index (χ4v) is 2.63. The third-order valence-corrected chi connectivity index (χ3v) is 4.56. The van der Waals surface area contributed by atoms with Gasteiger partial charge in [0.25, 0.3) is 0 Å². The lowest BCUT2D eigenvalue weighted by molar-refractivity contribution is 0.295. The van der Waals surface area contributed by atoms with Crippen molar-refractivity contribution < 1.29 is 4.74 Å². The molecule has 2 rings (SSSR count). The third kappa shape index (κ3) is 4.13. The average Bonchev–Trinajstić information content (AvgIpc) is 3.20. The Morgan fingerprint density at radius 1 is 1.30 bits per heavy atom. The average molecular weight is 296 g/mol. The van der Waals surface area contributed by atoms with Crippen molar-refractivity contribution in [1.29, 1.82) is 0 Å². The number of ether oxygens (including phenoxy) is 1. The minimum Gasteiger partial charge on any atom is -0.493 e. The second-order valence-corrected chi connectivity index (χ2v) is 6.65. The van der Waals surface area contributed by atoms with Crippen LogP contribution in [0.5, 0.6) is 5.75 Å². The van der Waals surface area contributed by atoms with E-state index in [1.165, 1.54) is 24.0 Å². The number of benzene rings is 1. The number of hydrogen-bond donors (Lipinski definition) is 0. The van der Waals surface area contributed by atoms with Crippen molar-refractivity contribution in [3.63, 3.8) is 0 Å². The Bertz CT molecular complexity index is 467. The molecule has 2 nitrogen and oxygen atoms in total. The van der Waals surface area contributed by atoms with Crippen LogP contribution in [0.15, 0.2) is 6.07 Å². The van der Waals surface area contributed by atoms with Crippen LogP contribution in [0.4, 0.5) is 0 Å². The predicted molar refractivity (Wildman–Crippen MR) is 86.0 cm³/mol. The molecule has 0 bridgehead atoms. The molecule has 20 heavy (non-hydrogen) atoms. The smallest absolute Gasteiger partial charge is 0.123 e. The van der Waals surface area contributed by atoms with E-state index in [2.05, 4.69) is 38.9 Å². The molecule has 0 spiro atoms. The molecular formula is C17H26ClNO. The molecule has 0 amide bonds. The highest BCUT2D eigenvalue weighted by atomic mass is 35.5. The maximum absolute atomic E-state index is 6.41. The van der Waals surface area contributed by atoms with Gasteiger partial charge in [0.05, 0.1) is 6.61 Å². The molecule has 1 aliphatic carbocycles. The lowest BCUT2D eigenvalue weighted by Crippen LogP contribution is -2.14. The van der Waals surface area contributed by atoms with Gasteiger partial charge in [0.15, 0.2) is 0 Å². The van der Waals surface area contributed by atoms with Gasteiger partial charge in [-0.2, -0.15) is 0 Å². The fourth-order valence-electron chi connectivity index (χ4n) is 2.46. The Kier molecular flexibility index (Phi) is 5.34. The van der Waals surface area contributed by atoms with Gasteiger partial charge in [-0.15, -0.1) is 0 Å². The van der Waals surface area contributed by atoms with Crippen molar-refractivity contribution in [3.05, 3.63) is 27.8 Å². The number of halogens is 1. The van der Waals surface area contributed by atoms with Gasteiger partial charge >= 0.3 is 0 Å². The molecule has 1 aromatic rings. The summed E-state index contributed by atoms with van der Waals surface area (Å²) in [5.74, 6) is 1.83. The molecule has 1 fully saturated rings. The molecule has 0 unspecified atom stereocenters. The minimum atomic E-state index is 0.779. The molecule has 112 valence electrons. The first-order valence-electron chi connectivity index (χ1n) is 7.55. The van der Waals surface area contributed by atoms with Gasteiger partial charge in [0.1, 0.15) is 5.75 Å². The number of nitrogens with zero attached hydrogens (tertiary/aromatic N) is 1. The summed E-state index contributed by atoms with van der Waals surface area (Å²) in [6, 6.07) is 2.11. The number of aryl methyl sites for hydroxylation is 1. The standard InChI is InChI=1S/C17H26ClNO/c1-12-10-16(20-11-14-7-8-14)15(13(2)17(12)18)6-5-9-19(3)4/h10,14H,5-9,11H2,1-4H3. The first kappa shape index (κ1) is 15.7.